The molecule has 13 nitrogen and oxygen atoms in total. The zero-order valence-electron chi connectivity index (χ0n) is 38.5. The molecule has 17 heteroatoms. The lowest BCUT2D eigenvalue weighted by Gasteiger charge is -2.35. The molecule has 2 aliphatic carbocycles. The quantitative estimate of drug-likeness (QED) is 0.0930. The van der Waals surface area contributed by atoms with E-state index in [0.717, 1.165) is 18.6 Å². The molecule has 1 saturated carbocycles. The summed E-state index contributed by atoms with van der Waals surface area (Å²) in [6.45, 7) is 7.83. The Kier molecular flexibility index (Phi) is 12.1. The summed E-state index contributed by atoms with van der Waals surface area (Å²) in [4.78, 5) is 69.4. The Balaban J connectivity index is 0.978. The number of aromatic amines is 2. The monoisotopic (exact) mass is 935 g/mol. The number of alkyl halides is 4. The maximum Gasteiger partial charge on any atom is 0.407 e. The Morgan fingerprint density at radius 2 is 1.13 bits per heavy atom. The van der Waals surface area contributed by atoms with Gasteiger partial charge in [-0.2, -0.15) is 17.6 Å². The van der Waals surface area contributed by atoms with Crippen molar-refractivity contribution in [2.75, 3.05) is 20.8 Å². The third-order valence-electron chi connectivity index (χ3n) is 14.0. The average Bonchev–Trinajstić information content (AvgIpc) is 4.16. The topological polar surface area (TPSA) is 171 Å². The van der Waals surface area contributed by atoms with Crippen LogP contribution in [0.4, 0.5) is 27.2 Å². The molecule has 0 radical (unpaired) electrons. The molecule has 2 fully saturated rings. The van der Waals surface area contributed by atoms with Gasteiger partial charge in [-0.3, -0.25) is 9.59 Å². The van der Waals surface area contributed by atoms with Crippen LogP contribution in [0.3, 0.4) is 0 Å². The second kappa shape index (κ2) is 17.7. The summed E-state index contributed by atoms with van der Waals surface area (Å²) in [6, 6.07) is 16.8. The Morgan fingerprint density at radius 3 is 1.66 bits per heavy atom. The van der Waals surface area contributed by atoms with Crippen molar-refractivity contribution in [2.45, 2.75) is 95.7 Å². The highest BCUT2D eigenvalue weighted by Crippen LogP contribution is 2.59. The molecule has 4 N–H and O–H groups in total. The molecule has 0 bridgehead atoms. The van der Waals surface area contributed by atoms with Crippen molar-refractivity contribution in [3.8, 4) is 33.4 Å². The first-order valence-corrected chi connectivity index (χ1v) is 23.0. The van der Waals surface area contributed by atoms with Gasteiger partial charge in [0.1, 0.15) is 17.7 Å². The number of Topliss-reactive ketones (excluding diaryl/α,β-unsaturated/α-hetero) is 1. The summed E-state index contributed by atoms with van der Waals surface area (Å²) in [5.41, 5.74) is 2.40. The number of fused-ring (bicyclic) bond motifs is 5. The molecule has 0 spiro atoms. The number of methoxy groups -OCH3 is 2. The number of hydrogen-bond acceptors (Lipinski definition) is 8. The molecule has 3 heterocycles. The van der Waals surface area contributed by atoms with E-state index in [-0.39, 0.29) is 40.6 Å². The predicted octanol–water partition coefficient (Wildman–Crippen LogP) is 10.5. The van der Waals surface area contributed by atoms with Crippen LogP contribution in [-0.4, -0.2) is 81.6 Å². The van der Waals surface area contributed by atoms with Gasteiger partial charge < -0.3 is 35.0 Å². The number of nitrogens with one attached hydrogen (secondary N) is 4. The minimum Gasteiger partial charge on any atom is -0.453 e. The highest BCUT2D eigenvalue weighted by atomic mass is 19.3. The van der Waals surface area contributed by atoms with Crippen molar-refractivity contribution in [1.82, 2.24) is 35.5 Å². The number of alkyl carbamates (subject to hydrolysis) is 2. The summed E-state index contributed by atoms with van der Waals surface area (Å²) in [5, 5.41) is 5.31. The number of ketones is 1. The fourth-order valence-corrected chi connectivity index (χ4v) is 10.3. The lowest BCUT2D eigenvalue weighted by Crippen LogP contribution is -2.51. The van der Waals surface area contributed by atoms with Gasteiger partial charge in [-0.05, 0) is 107 Å². The van der Waals surface area contributed by atoms with Crippen molar-refractivity contribution < 1.29 is 46.2 Å². The molecule has 1 aliphatic heterocycles. The zero-order valence-corrected chi connectivity index (χ0v) is 38.5. The van der Waals surface area contributed by atoms with Gasteiger partial charge >= 0.3 is 24.0 Å². The van der Waals surface area contributed by atoms with Gasteiger partial charge in [-0.25, -0.2) is 19.6 Å². The number of aromatic nitrogens is 4. The standard InChI is InChI=1S/C51H53F4N7O6/c1-25(2)42(60-48(65)67-5)44(63)33-9-7-10-34(33)45-56-37-18-14-29(23-39(37)58-45)27-12-16-31-32-17-13-28(22-36(32)51(54,55)50(52,53)35(31)21-27)30-15-19-38-40(24-30)59-46(57-38)41-11-8-20-62(41)47(64)43(26(3)4)61-49(66)68-6/h12-19,21-26,33-34,41-43H,7-11,20H2,1-6H3,(H,56,58)(H,57,59)(H,60,65)(H,61,66)/t33?,34-,41+,42+,43+/m1/s1. The fraction of sp³-hybridized carbons (Fsp3) is 0.412. The van der Waals surface area contributed by atoms with Crippen molar-refractivity contribution in [2.24, 2.45) is 17.8 Å². The number of benzene rings is 4. The maximum absolute atomic E-state index is 16.3. The van der Waals surface area contributed by atoms with Crippen LogP contribution in [0.2, 0.25) is 0 Å². The van der Waals surface area contributed by atoms with E-state index in [1.165, 1.54) is 26.4 Å². The van der Waals surface area contributed by atoms with Crippen LogP contribution >= 0.6 is 0 Å². The number of ether oxygens (including phenoxy) is 2. The average molecular weight is 936 g/mol. The first kappa shape index (κ1) is 46.3. The Labute approximate surface area is 389 Å². The molecular weight excluding hydrogens is 883 g/mol. The zero-order chi connectivity index (χ0) is 48.4. The van der Waals surface area contributed by atoms with E-state index in [1.807, 2.05) is 27.7 Å². The molecule has 3 amide bonds. The van der Waals surface area contributed by atoms with Crippen LogP contribution in [0.25, 0.3) is 55.4 Å². The number of imidazole rings is 2. The van der Waals surface area contributed by atoms with Crippen LogP contribution < -0.4 is 10.6 Å². The fourth-order valence-electron chi connectivity index (χ4n) is 10.3. The van der Waals surface area contributed by atoms with E-state index >= 15 is 17.6 Å². The molecule has 2 aromatic heterocycles. The summed E-state index contributed by atoms with van der Waals surface area (Å²) in [6.07, 6.45) is 2.08. The van der Waals surface area contributed by atoms with E-state index in [2.05, 4.69) is 20.6 Å². The third-order valence-corrected chi connectivity index (χ3v) is 14.0. The molecule has 6 aromatic rings. The lowest BCUT2D eigenvalue weighted by molar-refractivity contribution is -0.225. The van der Waals surface area contributed by atoms with Crippen LogP contribution in [0.5, 0.6) is 0 Å². The maximum atomic E-state index is 16.3. The molecule has 9 rings (SSSR count). The normalized spacial score (nSPS) is 20.3. The number of likely N-dealkylation sites (tertiary alicyclic amines) is 1. The Bertz CT molecular complexity index is 2770. The number of rotatable bonds is 11. The Hall–Kier alpha value is -6.78. The van der Waals surface area contributed by atoms with Gasteiger partial charge in [-0.1, -0.05) is 70.5 Å². The number of carbonyl (C=O) groups is 4. The van der Waals surface area contributed by atoms with Gasteiger partial charge in [0.25, 0.3) is 0 Å². The summed E-state index contributed by atoms with van der Waals surface area (Å²) < 4.78 is 74.9. The van der Waals surface area contributed by atoms with Gasteiger partial charge in [0.2, 0.25) is 5.91 Å². The SMILES string of the molecule is COC(=O)N[C@H](C(=O)C1CCC[C@H]1c1nc2ccc(-c3ccc4c(c3)C(F)(F)C(F)(F)c3cc(-c5ccc6nc([C@@H]7CCCN7C(=O)[C@@H](NC(=O)OC)C(C)C)[nH]c6c5)ccc3-4)cc2[nH]1)C(C)C. The van der Waals surface area contributed by atoms with Crippen molar-refractivity contribution in [3.63, 3.8) is 0 Å². The first-order valence-electron chi connectivity index (χ1n) is 23.0. The van der Waals surface area contributed by atoms with E-state index < -0.39 is 59.2 Å². The molecule has 3 aliphatic rings. The number of amides is 3. The number of halogens is 4. The van der Waals surface area contributed by atoms with Gasteiger partial charge in [0.05, 0.1) is 48.4 Å². The number of hydrogen-bond donors (Lipinski definition) is 4. The molecular formula is C51H53F4N7O6. The Morgan fingerprint density at radius 1 is 0.647 bits per heavy atom. The van der Waals surface area contributed by atoms with E-state index in [9.17, 15) is 19.2 Å². The third kappa shape index (κ3) is 8.02. The largest absolute Gasteiger partial charge is 0.453 e. The minimum atomic E-state index is -4.57. The molecule has 5 atom stereocenters. The predicted molar refractivity (Wildman–Crippen MR) is 247 cm³/mol. The van der Waals surface area contributed by atoms with Crippen LogP contribution in [0.15, 0.2) is 72.8 Å². The summed E-state index contributed by atoms with van der Waals surface area (Å²) in [7, 11) is 2.48. The molecule has 1 unspecified atom stereocenters. The molecule has 356 valence electrons. The number of carbonyl (C=O) groups excluding carboxylic acids is 4. The van der Waals surface area contributed by atoms with Crippen molar-refractivity contribution >= 4 is 45.9 Å². The number of H-pyrrole nitrogens is 2. The van der Waals surface area contributed by atoms with Crippen molar-refractivity contribution in [1.29, 1.82) is 0 Å². The van der Waals surface area contributed by atoms with Crippen LogP contribution in [-0.2, 0) is 30.9 Å². The second-order valence-electron chi connectivity index (χ2n) is 18.8. The number of nitrogens with zero attached hydrogens (tertiary/aromatic N) is 3. The van der Waals surface area contributed by atoms with Crippen LogP contribution in [0, 0.1) is 17.8 Å². The molecule has 1 saturated heterocycles. The van der Waals surface area contributed by atoms with Crippen molar-refractivity contribution in [3.05, 3.63) is 95.6 Å². The first-order chi connectivity index (χ1) is 32.4. The van der Waals surface area contributed by atoms with E-state index in [1.54, 1.807) is 53.4 Å². The highest BCUT2D eigenvalue weighted by molar-refractivity contribution is 5.91. The molecule has 4 aromatic carbocycles. The van der Waals surface area contributed by atoms with E-state index in [0.29, 0.717) is 88.2 Å². The summed E-state index contributed by atoms with van der Waals surface area (Å²) in [5.74, 6) is -9.37. The molecule has 68 heavy (non-hydrogen) atoms. The van der Waals surface area contributed by atoms with Gasteiger partial charge in [0.15, 0.2) is 5.78 Å². The lowest BCUT2D eigenvalue weighted by atomic mass is 9.78. The van der Waals surface area contributed by atoms with Gasteiger partial charge in [0, 0.05) is 29.5 Å². The van der Waals surface area contributed by atoms with Crippen LogP contribution in [0.1, 0.15) is 94.5 Å². The minimum absolute atomic E-state index is 0.000261. The smallest absolute Gasteiger partial charge is 0.407 e. The highest BCUT2D eigenvalue weighted by Gasteiger charge is 2.63. The van der Waals surface area contributed by atoms with E-state index in [4.69, 9.17) is 19.4 Å². The summed E-state index contributed by atoms with van der Waals surface area (Å²) >= 11 is 0. The second-order valence-corrected chi connectivity index (χ2v) is 18.8. The van der Waals surface area contributed by atoms with Gasteiger partial charge in [-0.15, -0.1) is 0 Å².